The Balaban J connectivity index is 1.52. The fraction of sp³-hybridized carbons (Fsp3) is 0.344. The van der Waals surface area contributed by atoms with Gasteiger partial charge in [-0.15, -0.1) is 0 Å². The third-order valence-corrected chi connectivity index (χ3v) is 9.13. The first-order valence-electron chi connectivity index (χ1n) is 13.8. The van der Waals surface area contributed by atoms with E-state index in [-0.39, 0.29) is 23.6 Å². The maximum Gasteiger partial charge on any atom is 0.251 e. The van der Waals surface area contributed by atoms with Crippen LogP contribution in [0.4, 0.5) is 11.4 Å². The molecule has 4 aliphatic heterocycles. The summed E-state index contributed by atoms with van der Waals surface area (Å²) in [7, 11) is 0. The fourth-order valence-corrected chi connectivity index (χ4v) is 7.83. The van der Waals surface area contributed by atoms with Gasteiger partial charge in [0.1, 0.15) is 16.7 Å². The molecule has 4 atom stereocenters. The Morgan fingerprint density at radius 1 is 0.974 bits per heavy atom. The number of nitrogens with zero attached hydrogens (tertiary/aromatic N) is 1. The summed E-state index contributed by atoms with van der Waals surface area (Å²) in [5.74, 6) is -0.797. The molecule has 0 bridgehead atoms. The molecule has 2 N–H and O–H groups in total. The Hall–Kier alpha value is -3.97. The Bertz CT molecular complexity index is 1550. The molecule has 0 radical (unpaired) electrons. The Morgan fingerprint density at radius 2 is 1.77 bits per heavy atom. The second-order valence-corrected chi connectivity index (χ2v) is 11.1. The number of fused-ring (bicyclic) bond motifs is 7. The highest BCUT2D eigenvalue weighted by molar-refractivity contribution is 6.21. The van der Waals surface area contributed by atoms with Crippen molar-refractivity contribution < 1.29 is 19.1 Å². The van der Waals surface area contributed by atoms with Gasteiger partial charge in [-0.25, -0.2) is 0 Å². The van der Waals surface area contributed by atoms with E-state index < -0.39 is 16.9 Å². The summed E-state index contributed by atoms with van der Waals surface area (Å²) < 4.78 is 5.85. The topological polar surface area (TPSA) is 87.7 Å². The molecule has 39 heavy (non-hydrogen) atoms. The first kappa shape index (κ1) is 24.1. The molecule has 4 heterocycles. The zero-order valence-electron chi connectivity index (χ0n) is 22.1. The zero-order valence-corrected chi connectivity index (χ0v) is 22.1. The number of Topliss-reactive ketones (excluding diaryl/α,β-unsaturated/α-hetero) is 1. The van der Waals surface area contributed by atoms with Crippen molar-refractivity contribution in [1.29, 1.82) is 0 Å². The Kier molecular flexibility index (Phi) is 5.26. The van der Waals surface area contributed by atoms with Gasteiger partial charge >= 0.3 is 0 Å². The number of carbonyl (C=O) groups is 3. The first-order valence-corrected chi connectivity index (χ1v) is 13.8. The van der Waals surface area contributed by atoms with E-state index in [1.54, 1.807) is 12.1 Å². The van der Waals surface area contributed by atoms with Crippen LogP contribution in [-0.2, 0) is 20.5 Å². The number of para-hydroxylation sites is 1. The van der Waals surface area contributed by atoms with Crippen molar-refractivity contribution in [3.8, 4) is 5.75 Å². The van der Waals surface area contributed by atoms with Crippen molar-refractivity contribution in [1.82, 2.24) is 4.90 Å². The second kappa shape index (κ2) is 8.52. The van der Waals surface area contributed by atoms with E-state index in [0.717, 1.165) is 30.4 Å². The molecular formula is C32H31N3O4. The maximum absolute atomic E-state index is 14.8. The van der Waals surface area contributed by atoms with Crippen molar-refractivity contribution in [3.63, 3.8) is 0 Å². The number of carbonyl (C=O) groups excluding carboxylic acids is 3. The lowest BCUT2D eigenvalue weighted by Gasteiger charge is -2.43. The van der Waals surface area contributed by atoms with Gasteiger partial charge in [-0.2, -0.15) is 0 Å². The van der Waals surface area contributed by atoms with E-state index in [4.69, 9.17) is 4.74 Å². The van der Waals surface area contributed by atoms with Crippen LogP contribution >= 0.6 is 0 Å². The molecule has 3 aromatic carbocycles. The van der Waals surface area contributed by atoms with E-state index in [1.165, 1.54) is 0 Å². The zero-order chi connectivity index (χ0) is 26.9. The lowest BCUT2D eigenvalue weighted by Crippen LogP contribution is -2.62. The molecule has 0 saturated carbocycles. The molecule has 2 spiro atoms. The minimum atomic E-state index is -1.44. The van der Waals surface area contributed by atoms with Crippen LogP contribution in [0.1, 0.15) is 53.2 Å². The molecule has 3 aromatic rings. The SMILES string of the molecule is CCCOc1cccc(C(=O)[C@H]2[C@H]3CCCN3[C@]3(C(=O)Nc4ccc(C)cc43)[C@]23C(=O)Nc2ccccc23)c1. The Morgan fingerprint density at radius 3 is 2.62 bits per heavy atom. The number of ketones is 1. The molecule has 4 aliphatic rings. The standard InChI is InChI=1S/C32H31N3O4/c1-3-16-39-21-9-6-8-20(18-21)28(36)27-26-12-7-15-35(26)32(23-17-19(2)13-14-25(23)34-30(32)38)31(27)22-10-4-5-11-24(22)33-29(31)37/h4-6,8-11,13-14,17-18,26-27H,3,7,12,15-16H2,1-2H3,(H,33,37)(H,34,38)/t26-,27-,31+,32-/m1/s1. The van der Waals surface area contributed by atoms with Crippen LogP contribution in [0, 0.1) is 12.8 Å². The lowest BCUT2D eigenvalue weighted by molar-refractivity contribution is -0.137. The molecule has 7 nitrogen and oxygen atoms in total. The summed E-state index contributed by atoms with van der Waals surface area (Å²) in [6.07, 6.45) is 2.44. The van der Waals surface area contributed by atoms with Gasteiger partial charge in [0.15, 0.2) is 5.78 Å². The van der Waals surface area contributed by atoms with E-state index >= 15 is 0 Å². The number of hydrogen-bond donors (Lipinski definition) is 2. The van der Waals surface area contributed by atoms with Crippen LogP contribution in [-0.4, -0.2) is 41.7 Å². The van der Waals surface area contributed by atoms with Gasteiger partial charge in [-0.1, -0.05) is 55.0 Å². The molecule has 7 heteroatoms. The highest BCUT2D eigenvalue weighted by Gasteiger charge is 2.81. The van der Waals surface area contributed by atoms with Gasteiger partial charge in [0, 0.05) is 28.5 Å². The summed E-state index contributed by atoms with van der Waals surface area (Å²) in [6, 6.07) is 20.4. The molecule has 2 fully saturated rings. The molecule has 2 amide bonds. The number of amides is 2. The number of benzene rings is 3. The van der Waals surface area contributed by atoms with Crippen LogP contribution in [0.3, 0.4) is 0 Å². The van der Waals surface area contributed by atoms with Gasteiger partial charge in [0.2, 0.25) is 5.91 Å². The van der Waals surface area contributed by atoms with Gasteiger partial charge in [-0.3, -0.25) is 19.3 Å². The molecule has 0 aliphatic carbocycles. The number of nitrogens with one attached hydrogen (secondary N) is 2. The summed E-state index contributed by atoms with van der Waals surface area (Å²) in [6.45, 7) is 5.21. The maximum atomic E-state index is 14.8. The summed E-state index contributed by atoms with van der Waals surface area (Å²) in [4.78, 5) is 45.9. The minimum Gasteiger partial charge on any atom is -0.494 e. The molecular weight excluding hydrogens is 490 g/mol. The predicted octanol–water partition coefficient (Wildman–Crippen LogP) is 4.80. The monoisotopic (exact) mass is 521 g/mol. The number of ether oxygens (including phenoxy) is 1. The van der Waals surface area contributed by atoms with Crippen LogP contribution < -0.4 is 15.4 Å². The van der Waals surface area contributed by atoms with Crippen molar-refractivity contribution in [2.75, 3.05) is 23.8 Å². The average molecular weight is 522 g/mol. The van der Waals surface area contributed by atoms with Gasteiger partial charge in [0.25, 0.3) is 5.91 Å². The second-order valence-electron chi connectivity index (χ2n) is 11.1. The van der Waals surface area contributed by atoms with Gasteiger partial charge in [-0.05, 0) is 62.6 Å². The number of hydrogen-bond acceptors (Lipinski definition) is 5. The average Bonchev–Trinajstić information content (AvgIpc) is 3.66. The summed E-state index contributed by atoms with van der Waals surface area (Å²) in [5.41, 5.74) is 1.57. The van der Waals surface area contributed by atoms with Crippen molar-refractivity contribution in [2.45, 2.75) is 50.1 Å². The molecule has 7 rings (SSSR count). The number of anilines is 2. The van der Waals surface area contributed by atoms with Crippen molar-refractivity contribution >= 4 is 29.0 Å². The normalized spacial score (nSPS) is 28.4. The van der Waals surface area contributed by atoms with E-state index in [2.05, 4.69) is 15.5 Å². The Labute approximate surface area is 227 Å². The first-order chi connectivity index (χ1) is 18.9. The largest absolute Gasteiger partial charge is 0.494 e. The molecule has 0 unspecified atom stereocenters. The van der Waals surface area contributed by atoms with Crippen LogP contribution in [0.25, 0.3) is 0 Å². The predicted molar refractivity (Wildman–Crippen MR) is 148 cm³/mol. The van der Waals surface area contributed by atoms with Crippen LogP contribution in [0.5, 0.6) is 5.75 Å². The third kappa shape index (κ3) is 2.94. The van der Waals surface area contributed by atoms with Crippen molar-refractivity contribution in [3.05, 3.63) is 89.0 Å². The number of rotatable bonds is 5. The van der Waals surface area contributed by atoms with Crippen LogP contribution in [0.2, 0.25) is 0 Å². The van der Waals surface area contributed by atoms with Gasteiger partial charge < -0.3 is 15.4 Å². The highest BCUT2D eigenvalue weighted by Crippen LogP contribution is 2.67. The van der Waals surface area contributed by atoms with Crippen molar-refractivity contribution in [2.24, 2.45) is 5.92 Å². The molecule has 0 aromatic heterocycles. The third-order valence-electron chi connectivity index (χ3n) is 9.13. The fourth-order valence-electron chi connectivity index (χ4n) is 7.83. The summed E-state index contributed by atoms with van der Waals surface area (Å²) >= 11 is 0. The van der Waals surface area contributed by atoms with E-state index in [9.17, 15) is 14.4 Å². The smallest absolute Gasteiger partial charge is 0.251 e. The highest BCUT2D eigenvalue weighted by atomic mass is 16.5. The quantitative estimate of drug-likeness (QED) is 0.471. The van der Waals surface area contributed by atoms with Gasteiger partial charge in [0.05, 0.1) is 12.5 Å². The summed E-state index contributed by atoms with van der Waals surface area (Å²) in [5, 5.41) is 6.20. The van der Waals surface area contributed by atoms with Crippen LogP contribution in [0.15, 0.2) is 66.7 Å². The molecule has 2 saturated heterocycles. The van der Waals surface area contributed by atoms with E-state index in [0.29, 0.717) is 41.4 Å². The molecule has 198 valence electrons. The van der Waals surface area contributed by atoms with E-state index in [1.807, 2.05) is 68.4 Å². The lowest BCUT2D eigenvalue weighted by atomic mass is 9.57. The minimum absolute atomic E-state index is 0.133. The number of aryl methyl sites for hydroxylation is 1.